The van der Waals surface area contributed by atoms with Crippen LogP contribution in [0.4, 0.5) is 0 Å². The quantitative estimate of drug-likeness (QED) is 0.236. The van der Waals surface area contributed by atoms with Crippen molar-refractivity contribution in [3.8, 4) is 0 Å². The molecule has 1 saturated carbocycles. The first kappa shape index (κ1) is 22.5. The van der Waals surface area contributed by atoms with Crippen LogP contribution in [0.15, 0.2) is 4.99 Å². The predicted octanol–water partition coefficient (Wildman–Crippen LogP) is 2.90. The van der Waals surface area contributed by atoms with Crippen molar-refractivity contribution >= 4 is 35.8 Å². The van der Waals surface area contributed by atoms with E-state index in [2.05, 4.69) is 36.7 Å². The molecule has 6 heteroatoms. The van der Waals surface area contributed by atoms with E-state index in [4.69, 9.17) is 4.99 Å². The average molecular weight is 438 g/mol. The molecule has 1 fully saturated rings. The van der Waals surface area contributed by atoms with Gasteiger partial charge in [0, 0.05) is 33.1 Å². The number of hydrogen-bond acceptors (Lipinski definition) is 2. The zero-order valence-electron chi connectivity index (χ0n) is 15.2. The van der Waals surface area contributed by atoms with Crippen LogP contribution in [0.5, 0.6) is 0 Å². The zero-order valence-corrected chi connectivity index (χ0v) is 17.5. The molecule has 0 heterocycles. The first-order valence-electron chi connectivity index (χ1n) is 8.74. The lowest BCUT2D eigenvalue weighted by Crippen LogP contribution is -2.42. The van der Waals surface area contributed by atoms with Gasteiger partial charge in [0.15, 0.2) is 5.96 Å². The first-order valence-corrected chi connectivity index (χ1v) is 8.74. The molecule has 0 spiro atoms. The Balaban J connectivity index is 0.00000484. The lowest BCUT2D eigenvalue weighted by Gasteiger charge is -2.29. The van der Waals surface area contributed by atoms with E-state index in [-0.39, 0.29) is 29.9 Å². The van der Waals surface area contributed by atoms with Crippen molar-refractivity contribution in [3.05, 3.63) is 0 Å². The summed E-state index contributed by atoms with van der Waals surface area (Å²) in [6.45, 7) is 11.3. The van der Waals surface area contributed by atoms with E-state index in [0.29, 0.717) is 18.5 Å². The molecular weight excluding hydrogens is 403 g/mol. The molecule has 0 bridgehead atoms. The maximum absolute atomic E-state index is 10.9. The molecule has 136 valence electrons. The standard InChI is InChI=1S/C17H34N4O.HI/c1-5-18-16(20-11-10-19-15(4)22)21-13-17(12-14(2)3)8-6-7-9-17;/h14H,5-13H2,1-4H3,(H,19,22)(H2,18,20,21);1H. The summed E-state index contributed by atoms with van der Waals surface area (Å²) in [6.07, 6.45) is 6.56. The summed E-state index contributed by atoms with van der Waals surface area (Å²) in [7, 11) is 0. The molecule has 0 aromatic rings. The van der Waals surface area contributed by atoms with Gasteiger partial charge in [0.05, 0.1) is 0 Å². The van der Waals surface area contributed by atoms with Crippen LogP contribution in [0.1, 0.15) is 59.8 Å². The number of nitrogens with zero attached hydrogens (tertiary/aromatic N) is 1. The Hall–Kier alpha value is -0.530. The zero-order chi connectivity index (χ0) is 16.4. The maximum Gasteiger partial charge on any atom is 0.216 e. The summed E-state index contributed by atoms with van der Waals surface area (Å²) >= 11 is 0. The summed E-state index contributed by atoms with van der Waals surface area (Å²) < 4.78 is 0. The minimum absolute atomic E-state index is 0. The van der Waals surface area contributed by atoms with E-state index >= 15 is 0 Å². The number of hydrogen-bond donors (Lipinski definition) is 3. The molecular formula is C17H35IN4O. The van der Waals surface area contributed by atoms with Crippen LogP contribution in [0.3, 0.4) is 0 Å². The Morgan fingerprint density at radius 1 is 1.13 bits per heavy atom. The van der Waals surface area contributed by atoms with E-state index in [1.165, 1.54) is 39.0 Å². The molecule has 0 aliphatic heterocycles. The number of aliphatic imine (C=N–C) groups is 1. The third kappa shape index (κ3) is 9.37. The number of halogens is 1. The lowest BCUT2D eigenvalue weighted by molar-refractivity contribution is -0.118. The van der Waals surface area contributed by atoms with E-state index in [0.717, 1.165) is 25.0 Å². The van der Waals surface area contributed by atoms with Gasteiger partial charge in [-0.2, -0.15) is 0 Å². The summed E-state index contributed by atoms with van der Waals surface area (Å²) in [5, 5.41) is 9.38. The monoisotopic (exact) mass is 438 g/mol. The Morgan fingerprint density at radius 3 is 2.26 bits per heavy atom. The molecule has 1 rings (SSSR count). The van der Waals surface area contributed by atoms with Crippen LogP contribution in [0.2, 0.25) is 0 Å². The van der Waals surface area contributed by atoms with Crippen molar-refractivity contribution < 1.29 is 4.79 Å². The Labute approximate surface area is 158 Å². The van der Waals surface area contributed by atoms with Gasteiger partial charge >= 0.3 is 0 Å². The molecule has 1 amide bonds. The Kier molecular flexibility index (Phi) is 11.6. The largest absolute Gasteiger partial charge is 0.357 e. The fourth-order valence-electron chi connectivity index (χ4n) is 3.43. The minimum Gasteiger partial charge on any atom is -0.357 e. The summed E-state index contributed by atoms with van der Waals surface area (Å²) in [5.74, 6) is 1.59. The van der Waals surface area contributed by atoms with Gasteiger partial charge in [0.2, 0.25) is 5.91 Å². The number of guanidine groups is 1. The molecule has 1 aliphatic rings. The molecule has 0 radical (unpaired) electrons. The van der Waals surface area contributed by atoms with Crippen LogP contribution in [0.25, 0.3) is 0 Å². The Morgan fingerprint density at radius 2 is 1.74 bits per heavy atom. The number of rotatable bonds is 8. The second-order valence-electron chi connectivity index (χ2n) is 6.91. The van der Waals surface area contributed by atoms with Crippen LogP contribution >= 0.6 is 24.0 Å². The topological polar surface area (TPSA) is 65.5 Å². The van der Waals surface area contributed by atoms with Crippen LogP contribution in [-0.2, 0) is 4.79 Å². The summed E-state index contributed by atoms with van der Waals surface area (Å²) in [4.78, 5) is 15.7. The molecule has 0 saturated heterocycles. The SMILES string of the molecule is CCNC(=NCC1(CC(C)C)CCCC1)NCCNC(C)=O.I. The van der Waals surface area contributed by atoms with Gasteiger partial charge in [-0.05, 0) is 37.5 Å². The van der Waals surface area contributed by atoms with Gasteiger partial charge in [-0.3, -0.25) is 9.79 Å². The molecule has 0 atom stereocenters. The highest BCUT2D eigenvalue weighted by molar-refractivity contribution is 14.0. The van der Waals surface area contributed by atoms with E-state index in [9.17, 15) is 4.79 Å². The van der Waals surface area contributed by atoms with Crippen molar-refractivity contribution in [2.75, 3.05) is 26.2 Å². The first-order chi connectivity index (χ1) is 10.5. The number of nitrogens with one attached hydrogen (secondary N) is 3. The van der Waals surface area contributed by atoms with Crippen LogP contribution < -0.4 is 16.0 Å². The van der Waals surface area contributed by atoms with E-state index < -0.39 is 0 Å². The fraction of sp³-hybridized carbons (Fsp3) is 0.882. The number of amides is 1. The van der Waals surface area contributed by atoms with Crippen molar-refractivity contribution in [1.82, 2.24) is 16.0 Å². The van der Waals surface area contributed by atoms with Gasteiger partial charge in [0.25, 0.3) is 0 Å². The van der Waals surface area contributed by atoms with Crippen LogP contribution in [-0.4, -0.2) is 38.0 Å². The van der Waals surface area contributed by atoms with Gasteiger partial charge in [-0.1, -0.05) is 26.7 Å². The molecule has 23 heavy (non-hydrogen) atoms. The van der Waals surface area contributed by atoms with E-state index in [1.807, 2.05) is 0 Å². The summed E-state index contributed by atoms with van der Waals surface area (Å²) in [6, 6.07) is 0. The van der Waals surface area contributed by atoms with Gasteiger partial charge in [0.1, 0.15) is 0 Å². The maximum atomic E-state index is 10.9. The Bertz CT molecular complexity index is 366. The number of carbonyl (C=O) groups is 1. The third-order valence-electron chi connectivity index (χ3n) is 4.21. The highest BCUT2D eigenvalue weighted by Gasteiger charge is 2.34. The molecule has 1 aliphatic carbocycles. The lowest BCUT2D eigenvalue weighted by atomic mass is 9.78. The normalized spacial score (nSPS) is 16.8. The van der Waals surface area contributed by atoms with Crippen molar-refractivity contribution in [1.29, 1.82) is 0 Å². The highest BCUT2D eigenvalue weighted by Crippen LogP contribution is 2.43. The van der Waals surface area contributed by atoms with Crippen molar-refractivity contribution in [2.45, 2.75) is 59.8 Å². The fourth-order valence-corrected chi connectivity index (χ4v) is 3.43. The van der Waals surface area contributed by atoms with Gasteiger partial charge < -0.3 is 16.0 Å². The van der Waals surface area contributed by atoms with Crippen molar-refractivity contribution in [2.24, 2.45) is 16.3 Å². The summed E-state index contributed by atoms with van der Waals surface area (Å²) in [5.41, 5.74) is 0.397. The second-order valence-corrected chi connectivity index (χ2v) is 6.91. The van der Waals surface area contributed by atoms with Gasteiger partial charge in [-0.15, -0.1) is 24.0 Å². The molecule has 3 N–H and O–H groups in total. The van der Waals surface area contributed by atoms with Crippen LogP contribution in [0, 0.1) is 11.3 Å². The minimum atomic E-state index is 0. The molecule has 0 aromatic heterocycles. The highest BCUT2D eigenvalue weighted by atomic mass is 127. The van der Waals surface area contributed by atoms with Gasteiger partial charge in [-0.25, -0.2) is 0 Å². The molecule has 5 nitrogen and oxygen atoms in total. The molecule has 0 aromatic carbocycles. The predicted molar refractivity (Wildman–Crippen MR) is 108 cm³/mol. The van der Waals surface area contributed by atoms with Crippen molar-refractivity contribution in [3.63, 3.8) is 0 Å². The average Bonchev–Trinajstić information content (AvgIpc) is 2.88. The third-order valence-corrected chi connectivity index (χ3v) is 4.21. The van der Waals surface area contributed by atoms with E-state index in [1.54, 1.807) is 0 Å². The number of carbonyl (C=O) groups excluding carboxylic acids is 1. The molecule has 0 unspecified atom stereocenters. The second kappa shape index (κ2) is 11.9. The smallest absolute Gasteiger partial charge is 0.216 e.